The summed E-state index contributed by atoms with van der Waals surface area (Å²) in [6.07, 6.45) is 15.1. The maximum Gasteiger partial charge on any atom is 0.158 e. The van der Waals surface area contributed by atoms with Crippen LogP contribution in [0.15, 0.2) is 0 Å². The van der Waals surface area contributed by atoms with E-state index in [2.05, 4.69) is 27.7 Å². The second-order valence-corrected chi connectivity index (χ2v) is 8.17. The van der Waals surface area contributed by atoms with E-state index in [-0.39, 0.29) is 18.5 Å². The van der Waals surface area contributed by atoms with Gasteiger partial charge in [-0.25, -0.2) is 0 Å². The Morgan fingerprint density at radius 2 is 1.17 bits per heavy atom. The van der Waals surface area contributed by atoms with E-state index in [0.29, 0.717) is 0 Å². The number of aldehydes is 1. The van der Waals surface area contributed by atoms with Gasteiger partial charge in [0, 0.05) is 6.42 Å². The fraction of sp³-hybridized carbons (Fsp3) is 0.958. The molecule has 0 amide bonds. The minimum absolute atomic E-state index is 0.0710. The first-order valence-electron chi connectivity index (χ1n) is 11.9. The lowest BCUT2D eigenvalue weighted by Gasteiger charge is -2.08. The van der Waals surface area contributed by atoms with Gasteiger partial charge >= 0.3 is 0 Å². The van der Waals surface area contributed by atoms with Crippen LogP contribution >= 0.6 is 0 Å². The number of ether oxygens (including phenoxy) is 2. The van der Waals surface area contributed by atoms with Gasteiger partial charge in [-0.15, -0.1) is 0 Å². The van der Waals surface area contributed by atoms with Crippen molar-refractivity contribution in [2.75, 3.05) is 0 Å². The molecule has 4 unspecified atom stereocenters. The number of rotatable bonds is 13. The van der Waals surface area contributed by atoms with Gasteiger partial charge in [0.15, 0.2) is 6.29 Å². The molecule has 1 saturated heterocycles. The van der Waals surface area contributed by atoms with Crippen LogP contribution in [0.3, 0.4) is 0 Å². The molecule has 0 bridgehead atoms. The smallest absolute Gasteiger partial charge is 0.158 e. The van der Waals surface area contributed by atoms with Gasteiger partial charge in [0.25, 0.3) is 0 Å². The summed E-state index contributed by atoms with van der Waals surface area (Å²) in [5, 5.41) is 16.8. The van der Waals surface area contributed by atoms with Crippen LogP contribution < -0.4 is 0 Å². The van der Waals surface area contributed by atoms with Crippen molar-refractivity contribution in [1.82, 2.24) is 0 Å². The molecule has 5 heteroatoms. The minimum Gasteiger partial charge on any atom is -0.391 e. The number of hydrogen-bond donors (Lipinski definition) is 2. The molecular weight excluding hydrogens is 368 g/mol. The third kappa shape index (κ3) is 22.0. The van der Waals surface area contributed by atoms with Gasteiger partial charge in [-0.2, -0.15) is 0 Å². The van der Waals surface area contributed by atoms with E-state index in [9.17, 15) is 4.79 Å². The topological polar surface area (TPSA) is 76.0 Å². The average molecular weight is 419 g/mol. The summed E-state index contributed by atoms with van der Waals surface area (Å²) in [5.41, 5.74) is 0. The number of carbonyl (C=O) groups excluding carboxylic acids is 1. The number of aliphatic hydroxyl groups excluding tert-OH is 2. The molecule has 1 fully saturated rings. The first-order valence-corrected chi connectivity index (χ1v) is 11.9. The van der Waals surface area contributed by atoms with Crippen LogP contribution in [0.25, 0.3) is 0 Å². The first kappa shape index (κ1) is 30.7. The van der Waals surface area contributed by atoms with Crippen LogP contribution in [0.4, 0.5) is 0 Å². The third-order valence-corrected chi connectivity index (χ3v) is 5.06. The molecule has 176 valence electrons. The predicted molar refractivity (Wildman–Crippen MR) is 121 cm³/mol. The van der Waals surface area contributed by atoms with E-state index in [0.717, 1.165) is 25.5 Å². The van der Waals surface area contributed by atoms with Crippen molar-refractivity contribution >= 4 is 6.29 Å². The molecule has 0 aliphatic carbocycles. The molecule has 0 aromatic carbocycles. The number of unbranched alkanes of at least 4 members (excludes halogenated alkanes) is 9. The highest BCUT2D eigenvalue weighted by Gasteiger charge is 2.28. The fourth-order valence-electron chi connectivity index (χ4n) is 2.61. The van der Waals surface area contributed by atoms with Gasteiger partial charge < -0.3 is 24.5 Å². The Balaban J connectivity index is 0. The Morgan fingerprint density at radius 3 is 1.55 bits per heavy atom. The summed E-state index contributed by atoms with van der Waals surface area (Å²) < 4.78 is 11.3. The molecule has 0 spiro atoms. The van der Waals surface area contributed by atoms with Gasteiger partial charge in [0.1, 0.15) is 6.29 Å². The average Bonchev–Trinajstić information content (AvgIpc) is 3.00. The Kier molecular flexibility index (Phi) is 23.5. The SMILES string of the molecule is CC(O)C(C)O.CCCCCCCC1OC(C)C(C)O1.CCCCCCCC=O. The van der Waals surface area contributed by atoms with Crippen molar-refractivity contribution in [3.05, 3.63) is 0 Å². The summed E-state index contributed by atoms with van der Waals surface area (Å²) in [5.74, 6) is 0. The van der Waals surface area contributed by atoms with Crippen LogP contribution in [0.5, 0.6) is 0 Å². The van der Waals surface area contributed by atoms with Gasteiger partial charge in [-0.3, -0.25) is 0 Å². The van der Waals surface area contributed by atoms with Crippen molar-refractivity contribution in [2.45, 2.75) is 149 Å². The zero-order valence-electron chi connectivity index (χ0n) is 20.1. The van der Waals surface area contributed by atoms with Crippen LogP contribution in [-0.2, 0) is 14.3 Å². The zero-order valence-corrected chi connectivity index (χ0v) is 20.1. The van der Waals surface area contributed by atoms with E-state index in [1.807, 2.05) is 0 Å². The molecule has 4 atom stereocenters. The van der Waals surface area contributed by atoms with Crippen molar-refractivity contribution < 1.29 is 24.5 Å². The molecule has 1 heterocycles. The molecule has 0 radical (unpaired) electrons. The number of carbonyl (C=O) groups is 1. The summed E-state index contributed by atoms with van der Waals surface area (Å²) in [6, 6.07) is 0. The maximum absolute atomic E-state index is 9.84. The lowest BCUT2D eigenvalue weighted by molar-refractivity contribution is -0.107. The number of aliphatic hydroxyl groups is 2. The zero-order chi connectivity index (χ0) is 22.5. The van der Waals surface area contributed by atoms with Crippen LogP contribution in [0.2, 0.25) is 0 Å². The summed E-state index contributed by atoms with van der Waals surface area (Å²) in [6.45, 7) is 11.7. The van der Waals surface area contributed by atoms with E-state index in [1.165, 1.54) is 57.8 Å². The lowest BCUT2D eigenvalue weighted by Crippen LogP contribution is -2.17. The molecule has 5 nitrogen and oxygen atoms in total. The van der Waals surface area contributed by atoms with Gasteiger partial charge in [-0.1, -0.05) is 65.2 Å². The van der Waals surface area contributed by atoms with Crippen LogP contribution in [0, 0.1) is 0 Å². The molecule has 2 N–H and O–H groups in total. The highest BCUT2D eigenvalue weighted by atomic mass is 16.7. The van der Waals surface area contributed by atoms with Gasteiger partial charge in [0.2, 0.25) is 0 Å². The molecule has 1 rings (SSSR count). The van der Waals surface area contributed by atoms with E-state index in [1.54, 1.807) is 13.8 Å². The van der Waals surface area contributed by atoms with Gasteiger partial charge in [0.05, 0.1) is 24.4 Å². The molecule has 29 heavy (non-hydrogen) atoms. The molecule has 0 saturated carbocycles. The number of hydrogen-bond acceptors (Lipinski definition) is 5. The molecular formula is C24H50O5. The predicted octanol–water partition coefficient (Wildman–Crippen LogP) is 5.79. The van der Waals surface area contributed by atoms with Gasteiger partial charge in [-0.05, 0) is 47.0 Å². The minimum atomic E-state index is -0.593. The summed E-state index contributed by atoms with van der Waals surface area (Å²) in [7, 11) is 0. The highest BCUT2D eigenvalue weighted by molar-refractivity contribution is 5.48. The van der Waals surface area contributed by atoms with Crippen molar-refractivity contribution in [3.63, 3.8) is 0 Å². The summed E-state index contributed by atoms with van der Waals surface area (Å²) in [4.78, 5) is 9.84. The Labute approximate surface area is 180 Å². The summed E-state index contributed by atoms with van der Waals surface area (Å²) >= 11 is 0. The second kappa shape index (κ2) is 22.2. The Bertz CT molecular complexity index is 317. The van der Waals surface area contributed by atoms with Crippen molar-refractivity contribution in [3.8, 4) is 0 Å². The second-order valence-electron chi connectivity index (χ2n) is 8.17. The molecule has 1 aliphatic rings. The van der Waals surface area contributed by atoms with E-state index < -0.39 is 12.2 Å². The normalized spacial score (nSPS) is 22.7. The monoisotopic (exact) mass is 418 g/mol. The molecule has 0 aromatic heterocycles. The van der Waals surface area contributed by atoms with Crippen molar-refractivity contribution in [1.29, 1.82) is 0 Å². The highest BCUT2D eigenvalue weighted by Crippen LogP contribution is 2.22. The van der Waals surface area contributed by atoms with Crippen molar-refractivity contribution in [2.24, 2.45) is 0 Å². The first-order chi connectivity index (χ1) is 13.8. The standard InChI is InChI=1S/C12H24O2.C8H16O.C4H10O2/c1-4-5-6-7-8-9-12-13-10(2)11(3)14-12;1-2-3-4-5-6-7-8-9;1-3(5)4(2)6/h10-12H,4-9H2,1-3H3;8H,2-7H2,1H3;3-6H,1-2H3. The third-order valence-electron chi connectivity index (χ3n) is 5.06. The lowest BCUT2D eigenvalue weighted by atomic mass is 10.1. The Morgan fingerprint density at radius 1 is 0.759 bits per heavy atom. The Hall–Kier alpha value is -0.490. The van der Waals surface area contributed by atoms with Crippen LogP contribution in [0.1, 0.15) is 119 Å². The molecule has 0 aromatic rings. The van der Waals surface area contributed by atoms with E-state index >= 15 is 0 Å². The van der Waals surface area contributed by atoms with E-state index in [4.69, 9.17) is 19.7 Å². The molecule has 1 aliphatic heterocycles. The largest absolute Gasteiger partial charge is 0.391 e. The quantitative estimate of drug-likeness (QED) is 0.292. The van der Waals surface area contributed by atoms with Crippen LogP contribution in [-0.4, -0.2) is 47.2 Å². The fourth-order valence-corrected chi connectivity index (χ4v) is 2.61. The maximum atomic E-state index is 9.84.